The summed E-state index contributed by atoms with van der Waals surface area (Å²) in [4.78, 5) is 0. The number of nitrogen functional groups attached to an aromatic ring is 1. The highest BCUT2D eigenvalue weighted by molar-refractivity contribution is 9.10. The highest BCUT2D eigenvalue weighted by atomic mass is 79.9. The van der Waals surface area contributed by atoms with Crippen molar-refractivity contribution in [3.05, 3.63) is 33.9 Å². The number of aromatic nitrogens is 2. The van der Waals surface area contributed by atoms with Crippen molar-refractivity contribution in [3.63, 3.8) is 0 Å². The summed E-state index contributed by atoms with van der Waals surface area (Å²) >= 11 is 3.48. The molecule has 0 aliphatic rings. The average Bonchev–Trinajstić information content (AvgIpc) is 2.51. The van der Waals surface area contributed by atoms with Crippen LogP contribution < -0.4 is 11.1 Å². The Morgan fingerprint density at radius 3 is 2.35 bits per heavy atom. The van der Waals surface area contributed by atoms with E-state index in [-0.39, 0.29) is 0 Å². The van der Waals surface area contributed by atoms with Gasteiger partial charge in [-0.15, -0.1) is 0 Å². The van der Waals surface area contributed by atoms with Crippen LogP contribution >= 0.6 is 15.9 Å². The molecule has 0 aliphatic heterocycles. The number of nitrogens with zero attached hydrogens (tertiary/aromatic N) is 2. The van der Waals surface area contributed by atoms with Gasteiger partial charge in [-0.2, -0.15) is 5.10 Å². The number of nitrogens with two attached hydrogens (primary N) is 1. The first kappa shape index (κ1) is 12.0. The molecule has 90 valence electrons. The van der Waals surface area contributed by atoms with E-state index in [0.29, 0.717) is 11.5 Å². The first-order valence-corrected chi connectivity index (χ1v) is 6.09. The molecule has 0 saturated heterocycles. The minimum absolute atomic E-state index is 0.647. The van der Waals surface area contributed by atoms with Crippen molar-refractivity contribution in [2.45, 2.75) is 13.8 Å². The summed E-state index contributed by atoms with van der Waals surface area (Å²) in [6, 6.07) is 4.13. The van der Waals surface area contributed by atoms with Crippen molar-refractivity contribution in [2.24, 2.45) is 7.05 Å². The third-order valence-electron chi connectivity index (χ3n) is 2.60. The van der Waals surface area contributed by atoms with E-state index in [4.69, 9.17) is 5.73 Å². The summed E-state index contributed by atoms with van der Waals surface area (Å²) < 4.78 is 2.77. The van der Waals surface area contributed by atoms with Crippen molar-refractivity contribution >= 4 is 33.1 Å². The highest BCUT2D eigenvalue weighted by Crippen LogP contribution is 2.29. The minimum Gasteiger partial charge on any atom is -0.394 e. The Hall–Kier alpha value is -1.49. The topological polar surface area (TPSA) is 55.9 Å². The summed E-state index contributed by atoms with van der Waals surface area (Å²) in [5, 5.41) is 7.56. The van der Waals surface area contributed by atoms with Crippen molar-refractivity contribution in [1.82, 2.24) is 9.78 Å². The van der Waals surface area contributed by atoms with Gasteiger partial charge in [0.15, 0.2) is 5.82 Å². The second-order valence-electron chi connectivity index (χ2n) is 4.15. The number of aryl methyl sites for hydroxylation is 3. The lowest BCUT2D eigenvalue weighted by Gasteiger charge is -2.12. The number of benzene rings is 1. The number of hydrogen-bond acceptors (Lipinski definition) is 3. The van der Waals surface area contributed by atoms with Gasteiger partial charge >= 0.3 is 0 Å². The van der Waals surface area contributed by atoms with E-state index in [1.807, 2.05) is 7.05 Å². The Morgan fingerprint density at radius 2 is 1.88 bits per heavy atom. The van der Waals surface area contributed by atoms with Crippen LogP contribution in [0.25, 0.3) is 0 Å². The zero-order valence-electron chi connectivity index (χ0n) is 10.1. The summed E-state index contributed by atoms with van der Waals surface area (Å²) in [7, 11) is 1.85. The molecule has 17 heavy (non-hydrogen) atoms. The lowest BCUT2D eigenvalue weighted by molar-refractivity contribution is 0.771. The molecule has 0 radical (unpaired) electrons. The maximum absolute atomic E-state index is 5.86. The van der Waals surface area contributed by atoms with Gasteiger partial charge in [-0.25, -0.2) is 0 Å². The van der Waals surface area contributed by atoms with Gasteiger partial charge < -0.3 is 11.1 Å². The smallest absolute Gasteiger partial charge is 0.175 e. The fraction of sp³-hybridized carbons (Fsp3) is 0.250. The molecular formula is C12H15BrN4. The van der Waals surface area contributed by atoms with Gasteiger partial charge in [0, 0.05) is 23.4 Å². The summed E-state index contributed by atoms with van der Waals surface area (Å²) in [5.41, 5.74) is 9.87. The Bertz CT molecular complexity index is 537. The zero-order chi connectivity index (χ0) is 12.6. The van der Waals surface area contributed by atoms with E-state index in [1.54, 1.807) is 10.9 Å². The van der Waals surface area contributed by atoms with Gasteiger partial charge in [-0.1, -0.05) is 15.9 Å². The third-order valence-corrected chi connectivity index (χ3v) is 3.06. The fourth-order valence-electron chi connectivity index (χ4n) is 1.83. The quantitative estimate of drug-likeness (QED) is 0.895. The number of anilines is 3. The number of nitrogens with one attached hydrogen (secondary N) is 1. The summed E-state index contributed by atoms with van der Waals surface area (Å²) in [6.07, 6.45) is 1.78. The van der Waals surface area contributed by atoms with Crippen molar-refractivity contribution < 1.29 is 0 Å². The molecule has 0 spiro atoms. The van der Waals surface area contributed by atoms with Crippen LogP contribution in [0.3, 0.4) is 0 Å². The van der Waals surface area contributed by atoms with Crippen molar-refractivity contribution in [3.8, 4) is 0 Å². The molecule has 1 aromatic heterocycles. The standard InChI is InChI=1S/C12H15BrN4/c1-7-4-9(13)5-8(2)11(7)15-12-10(14)6-17(3)16-12/h4-6H,14H2,1-3H3,(H,15,16). The van der Waals surface area contributed by atoms with E-state index >= 15 is 0 Å². The molecule has 0 unspecified atom stereocenters. The lowest BCUT2D eigenvalue weighted by atomic mass is 10.1. The molecule has 0 amide bonds. The monoisotopic (exact) mass is 294 g/mol. The molecule has 0 saturated carbocycles. The van der Waals surface area contributed by atoms with Crippen LogP contribution in [0.5, 0.6) is 0 Å². The average molecular weight is 295 g/mol. The Morgan fingerprint density at radius 1 is 1.29 bits per heavy atom. The summed E-state index contributed by atoms with van der Waals surface area (Å²) in [5.74, 6) is 0.695. The van der Waals surface area contributed by atoms with E-state index in [2.05, 4.69) is 52.3 Å². The second kappa shape index (κ2) is 4.41. The SMILES string of the molecule is Cc1cc(Br)cc(C)c1Nc1nn(C)cc1N. The highest BCUT2D eigenvalue weighted by Gasteiger charge is 2.09. The summed E-state index contributed by atoms with van der Waals surface area (Å²) in [6.45, 7) is 4.11. The lowest BCUT2D eigenvalue weighted by Crippen LogP contribution is -2.00. The molecule has 1 aromatic carbocycles. The van der Waals surface area contributed by atoms with E-state index in [0.717, 1.165) is 21.3 Å². The molecule has 0 atom stereocenters. The number of hydrogen-bond donors (Lipinski definition) is 2. The fourth-order valence-corrected chi connectivity index (χ4v) is 2.52. The maximum atomic E-state index is 5.86. The first-order valence-electron chi connectivity index (χ1n) is 5.30. The van der Waals surface area contributed by atoms with Crippen LogP contribution in [0.15, 0.2) is 22.8 Å². The molecule has 0 aliphatic carbocycles. The number of halogens is 1. The van der Waals surface area contributed by atoms with Crippen LogP contribution in [0.4, 0.5) is 17.2 Å². The Balaban J connectivity index is 2.39. The van der Waals surface area contributed by atoms with Crippen molar-refractivity contribution in [1.29, 1.82) is 0 Å². The Kier molecular flexibility index (Phi) is 3.11. The van der Waals surface area contributed by atoms with Crippen LogP contribution in [0.2, 0.25) is 0 Å². The van der Waals surface area contributed by atoms with Gasteiger partial charge in [0.25, 0.3) is 0 Å². The van der Waals surface area contributed by atoms with Crippen molar-refractivity contribution in [2.75, 3.05) is 11.1 Å². The molecule has 0 bridgehead atoms. The van der Waals surface area contributed by atoms with E-state index in [1.165, 1.54) is 0 Å². The normalized spacial score (nSPS) is 10.6. The molecule has 0 fully saturated rings. The van der Waals surface area contributed by atoms with Gasteiger partial charge in [-0.3, -0.25) is 4.68 Å². The van der Waals surface area contributed by atoms with Gasteiger partial charge in [-0.05, 0) is 37.1 Å². The molecule has 3 N–H and O–H groups in total. The molecule has 4 nitrogen and oxygen atoms in total. The zero-order valence-corrected chi connectivity index (χ0v) is 11.7. The van der Waals surface area contributed by atoms with E-state index < -0.39 is 0 Å². The largest absolute Gasteiger partial charge is 0.394 e. The maximum Gasteiger partial charge on any atom is 0.175 e. The predicted octanol–water partition coefficient (Wildman–Crippen LogP) is 3.13. The minimum atomic E-state index is 0.647. The molecule has 2 rings (SSSR count). The molecule has 2 aromatic rings. The number of rotatable bonds is 2. The molecular weight excluding hydrogens is 280 g/mol. The second-order valence-corrected chi connectivity index (χ2v) is 5.06. The molecule has 1 heterocycles. The third kappa shape index (κ3) is 2.44. The van der Waals surface area contributed by atoms with Crippen LogP contribution in [0.1, 0.15) is 11.1 Å². The predicted molar refractivity (Wildman–Crippen MR) is 74.5 cm³/mol. The molecule has 5 heteroatoms. The van der Waals surface area contributed by atoms with Crippen LogP contribution in [-0.2, 0) is 7.05 Å². The van der Waals surface area contributed by atoms with Gasteiger partial charge in [0.1, 0.15) is 0 Å². The van der Waals surface area contributed by atoms with Crippen LogP contribution in [-0.4, -0.2) is 9.78 Å². The van der Waals surface area contributed by atoms with Gasteiger partial charge in [0.2, 0.25) is 0 Å². The van der Waals surface area contributed by atoms with Gasteiger partial charge in [0.05, 0.1) is 5.69 Å². The van der Waals surface area contributed by atoms with Crippen LogP contribution in [0, 0.1) is 13.8 Å². The Labute approximate surface area is 109 Å². The van der Waals surface area contributed by atoms with E-state index in [9.17, 15) is 0 Å². The first-order chi connectivity index (χ1) is 7.97.